The first-order chi connectivity index (χ1) is 15.9. The molecule has 3 aromatic heterocycles. The van der Waals surface area contributed by atoms with Gasteiger partial charge in [0.25, 0.3) is 0 Å². The summed E-state index contributed by atoms with van der Waals surface area (Å²) in [5.41, 5.74) is 4.57. The van der Waals surface area contributed by atoms with Gasteiger partial charge in [0.2, 0.25) is 10.0 Å². The molecule has 0 saturated carbocycles. The molecule has 1 aliphatic rings. The molecule has 0 spiro atoms. The van der Waals surface area contributed by atoms with Crippen LogP contribution in [0.15, 0.2) is 61.1 Å². The van der Waals surface area contributed by atoms with Gasteiger partial charge < -0.3 is 4.57 Å². The second-order valence-corrected chi connectivity index (χ2v) is 10.8. The van der Waals surface area contributed by atoms with E-state index in [4.69, 9.17) is 4.98 Å². The standard InChI is InChI=1S/C24H26FN5O2S/c1-17-12-19(16-30(17)33(31,32)11-9-18-2-4-21(25)5-3-18)15-29-10-8-23-24(29)7-6-22(28-23)20-13-26-27-14-20/h2-8,10,13-14,17,19H,9,11-12,15-16H2,1H3,(H,26,27)/t17-,19-/m1/s1. The van der Waals surface area contributed by atoms with Crippen LogP contribution in [-0.2, 0) is 23.0 Å². The Balaban J connectivity index is 1.26. The summed E-state index contributed by atoms with van der Waals surface area (Å²) in [6.07, 6.45) is 6.78. The molecule has 1 aliphatic heterocycles. The van der Waals surface area contributed by atoms with Gasteiger partial charge in [0.15, 0.2) is 0 Å². The number of pyridine rings is 1. The van der Waals surface area contributed by atoms with Crippen LogP contribution in [0.25, 0.3) is 22.3 Å². The fourth-order valence-electron chi connectivity index (χ4n) is 4.71. The third kappa shape index (κ3) is 4.56. The second kappa shape index (κ2) is 8.72. The molecule has 0 radical (unpaired) electrons. The van der Waals surface area contributed by atoms with E-state index in [2.05, 4.69) is 20.8 Å². The first kappa shape index (κ1) is 21.8. The van der Waals surface area contributed by atoms with Gasteiger partial charge in [-0.05, 0) is 61.6 Å². The highest BCUT2D eigenvalue weighted by Gasteiger charge is 2.36. The number of aromatic amines is 1. The highest BCUT2D eigenvalue weighted by atomic mass is 32.2. The van der Waals surface area contributed by atoms with Crippen LogP contribution in [0, 0.1) is 11.7 Å². The SMILES string of the molecule is C[C@@H]1C[C@H](Cn2ccc3nc(-c4cn[nH]c4)ccc32)CN1S(=O)(=O)CCc1ccc(F)cc1. The van der Waals surface area contributed by atoms with E-state index in [0.717, 1.165) is 40.8 Å². The first-order valence-corrected chi connectivity index (χ1v) is 12.7. The molecule has 0 bridgehead atoms. The lowest BCUT2D eigenvalue weighted by atomic mass is 10.1. The zero-order valence-electron chi connectivity index (χ0n) is 18.4. The number of sulfonamides is 1. The van der Waals surface area contributed by atoms with E-state index in [-0.39, 0.29) is 23.5 Å². The van der Waals surface area contributed by atoms with Crippen molar-refractivity contribution in [1.82, 2.24) is 24.1 Å². The van der Waals surface area contributed by atoms with E-state index < -0.39 is 10.0 Å². The van der Waals surface area contributed by atoms with Crippen LogP contribution in [0.5, 0.6) is 0 Å². The van der Waals surface area contributed by atoms with Gasteiger partial charge in [0.05, 0.1) is 28.7 Å². The summed E-state index contributed by atoms with van der Waals surface area (Å²) in [5, 5.41) is 6.79. The van der Waals surface area contributed by atoms with Crippen molar-refractivity contribution in [2.24, 2.45) is 5.92 Å². The Morgan fingerprint density at radius 3 is 2.73 bits per heavy atom. The third-order valence-electron chi connectivity index (χ3n) is 6.40. The summed E-state index contributed by atoms with van der Waals surface area (Å²) in [6, 6.07) is 12.0. The fourth-order valence-corrected chi connectivity index (χ4v) is 6.51. The van der Waals surface area contributed by atoms with Crippen LogP contribution in [0.1, 0.15) is 18.9 Å². The summed E-state index contributed by atoms with van der Waals surface area (Å²) in [6.45, 7) is 3.22. The number of hydrogen-bond acceptors (Lipinski definition) is 4. The molecular formula is C24H26FN5O2S. The molecule has 1 saturated heterocycles. The van der Waals surface area contributed by atoms with Gasteiger partial charge >= 0.3 is 0 Å². The second-order valence-electron chi connectivity index (χ2n) is 8.77. The van der Waals surface area contributed by atoms with Crippen molar-refractivity contribution >= 4 is 21.1 Å². The van der Waals surface area contributed by atoms with Gasteiger partial charge in [0, 0.05) is 37.1 Å². The molecule has 4 heterocycles. The number of nitrogens with one attached hydrogen (secondary N) is 1. The molecule has 0 unspecified atom stereocenters. The predicted molar refractivity (Wildman–Crippen MR) is 125 cm³/mol. The number of aromatic nitrogens is 4. The molecule has 7 nitrogen and oxygen atoms in total. The number of hydrogen-bond donors (Lipinski definition) is 1. The van der Waals surface area contributed by atoms with Gasteiger partial charge in [-0.1, -0.05) is 12.1 Å². The number of rotatable bonds is 7. The van der Waals surface area contributed by atoms with Gasteiger partial charge in [-0.25, -0.2) is 17.8 Å². The molecule has 9 heteroatoms. The van der Waals surface area contributed by atoms with E-state index >= 15 is 0 Å². The maximum absolute atomic E-state index is 13.1. The summed E-state index contributed by atoms with van der Waals surface area (Å²) in [4.78, 5) is 4.73. The maximum Gasteiger partial charge on any atom is 0.214 e. The predicted octanol–water partition coefficient (Wildman–Crippen LogP) is 3.85. The Hall–Kier alpha value is -3.04. The van der Waals surface area contributed by atoms with Gasteiger partial charge in [-0.2, -0.15) is 9.40 Å². The number of nitrogens with zero attached hydrogens (tertiary/aromatic N) is 4. The molecule has 0 amide bonds. The maximum atomic E-state index is 13.1. The highest BCUT2D eigenvalue weighted by Crippen LogP contribution is 2.29. The summed E-state index contributed by atoms with van der Waals surface area (Å²) < 4.78 is 42.9. The Labute approximate surface area is 192 Å². The van der Waals surface area contributed by atoms with Gasteiger partial charge in [-0.15, -0.1) is 0 Å². The van der Waals surface area contributed by atoms with E-state index in [1.807, 2.05) is 31.5 Å². The van der Waals surface area contributed by atoms with Crippen molar-refractivity contribution in [2.45, 2.75) is 32.4 Å². The molecule has 4 aromatic rings. The van der Waals surface area contributed by atoms with Crippen molar-refractivity contribution in [1.29, 1.82) is 0 Å². The fraction of sp³-hybridized carbons (Fsp3) is 0.333. The molecule has 33 heavy (non-hydrogen) atoms. The van der Waals surface area contributed by atoms with Crippen LogP contribution in [0.4, 0.5) is 4.39 Å². The molecule has 5 rings (SSSR count). The van der Waals surface area contributed by atoms with Crippen LogP contribution < -0.4 is 0 Å². The number of H-pyrrole nitrogens is 1. The molecule has 0 aliphatic carbocycles. The Morgan fingerprint density at radius 1 is 1.15 bits per heavy atom. The number of aryl methyl sites for hydroxylation is 1. The van der Waals surface area contributed by atoms with Gasteiger partial charge in [-0.3, -0.25) is 5.10 Å². The Morgan fingerprint density at radius 2 is 1.97 bits per heavy atom. The van der Waals surface area contributed by atoms with Crippen molar-refractivity contribution < 1.29 is 12.8 Å². The van der Waals surface area contributed by atoms with E-state index in [0.29, 0.717) is 13.0 Å². The minimum Gasteiger partial charge on any atom is -0.346 e. The number of halogens is 1. The van der Waals surface area contributed by atoms with Crippen molar-refractivity contribution in [3.8, 4) is 11.3 Å². The van der Waals surface area contributed by atoms with Crippen LogP contribution in [0.2, 0.25) is 0 Å². The minimum absolute atomic E-state index is 0.0306. The summed E-state index contributed by atoms with van der Waals surface area (Å²) in [5.74, 6) is -0.0594. The average molecular weight is 468 g/mol. The lowest BCUT2D eigenvalue weighted by molar-refractivity contribution is 0.399. The normalized spacial score (nSPS) is 19.5. The summed E-state index contributed by atoms with van der Waals surface area (Å²) >= 11 is 0. The highest BCUT2D eigenvalue weighted by molar-refractivity contribution is 7.89. The average Bonchev–Trinajstić information content (AvgIpc) is 3.54. The van der Waals surface area contributed by atoms with E-state index in [9.17, 15) is 12.8 Å². The summed E-state index contributed by atoms with van der Waals surface area (Å²) in [7, 11) is -3.39. The molecular weight excluding hydrogens is 441 g/mol. The smallest absolute Gasteiger partial charge is 0.214 e. The Bertz CT molecular complexity index is 1350. The molecule has 1 aromatic carbocycles. The zero-order valence-corrected chi connectivity index (χ0v) is 19.2. The van der Waals surface area contributed by atoms with Crippen molar-refractivity contribution in [2.75, 3.05) is 12.3 Å². The Kier molecular flexibility index (Phi) is 5.76. The van der Waals surface area contributed by atoms with Gasteiger partial charge in [0.1, 0.15) is 5.82 Å². The first-order valence-electron chi connectivity index (χ1n) is 11.1. The number of benzene rings is 1. The molecule has 2 atom stereocenters. The monoisotopic (exact) mass is 467 g/mol. The quantitative estimate of drug-likeness (QED) is 0.448. The van der Waals surface area contributed by atoms with E-state index in [1.54, 1.807) is 22.6 Å². The van der Waals surface area contributed by atoms with Crippen molar-refractivity contribution in [3.63, 3.8) is 0 Å². The van der Waals surface area contributed by atoms with Crippen LogP contribution in [-0.4, -0.2) is 50.8 Å². The molecule has 1 fully saturated rings. The number of fused-ring (bicyclic) bond motifs is 1. The van der Waals surface area contributed by atoms with E-state index in [1.165, 1.54) is 12.1 Å². The largest absolute Gasteiger partial charge is 0.346 e. The van der Waals surface area contributed by atoms with Crippen molar-refractivity contribution in [3.05, 3.63) is 72.4 Å². The lowest BCUT2D eigenvalue weighted by Gasteiger charge is -2.21. The third-order valence-corrected chi connectivity index (χ3v) is 8.34. The van der Waals surface area contributed by atoms with Crippen LogP contribution in [0.3, 0.4) is 0 Å². The molecule has 172 valence electrons. The topological polar surface area (TPSA) is 83.9 Å². The lowest BCUT2D eigenvalue weighted by Crippen LogP contribution is -2.36. The molecule has 1 N–H and O–H groups in total. The minimum atomic E-state index is -3.39. The zero-order chi connectivity index (χ0) is 23.0. The van der Waals surface area contributed by atoms with Crippen LogP contribution >= 0.6 is 0 Å².